The van der Waals surface area contributed by atoms with Crippen molar-refractivity contribution in [3.05, 3.63) is 12.2 Å². The van der Waals surface area contributed by atoms with Crippen molar-refractivity contribution in [2.45, 2.75) is 154 Å². The van der Waals surface area contributed by atoms with Gasteiger partial charge in [0.15, 0.2) is 0 Å². The zero-order chi connectivity index (χ0) is 31.5. The molecule has 0 aromatic heterocycles. The van der Waals surface area contributed by atoms with Gasteiger partial charge in [-0.3, -0.25) is 9.36 Å². The highest BCUT2D eigenvalue weighted by Gasteiger charge is 2.23. The number of carbonyl (C=O) groups excluding carboxylic acids is 1. The van der Waals surface area contributed by atoms with Gasteiger partial charge in [-0.15, -0.1) is 0 Å². The molecule has 9 heteroatoms. The maximum absolute atomic E-state index is 12.6. The second-order valence-corrected chi connectivity index (χ2v) is 14.3. The van der Waals surface area contributed by atoms with Crippen LogP contribution in [0.3, 0.4) is 0 Å². The summed E-state index contributed by atoms with van der Waals surface area (Å²) in [5.41, 5.74) is 0. The number of allylic oxidation sites excluding steroid dienone is 1. The third-order valence-electron chi connectivity index (χ3n) is 7.48. The van der Waals surface area contributed by atoms with Crippen LogP contribution >= 0.6 is 7.82 Å². The first kappa shape index (κ1) is 41.2. The lowest BCUT2D eigenvalue weighted by atomic mass is 10.0. The Morgan fingerprint density at radius 1 is 0.810 bits per heavy atom. The molecule has 0 saturated heterocycles. The van der Waals surface area contributed by atoms with E-state index in [2.05, 4.69) is 12.2 Å². The van der Waals surface area contributed by atoms with Crippen LogP contribution in [0.1, 0.15) is 142 Å². The van der Waals surface area contributed by atoms with Crippen LogP contribution in [-0.4, -0.2) is 68.5 Å². The van der Waals surface area contributed by atoms with E-state index in [0.29, 0.717) is 17.4 Å². The molecule has 250 valence electrons. The quantitative estimate of drug-likeness (QED) is 0.0375. The Balaban J connectivity index is 4.12. The van der Waals surface area contributed by atoms with Crippen molar-refractivity contribution >= 4 is 13.7 Å². The number of likely N-dealkylation sites (N-methyl/N-ethyl adjacent to an activating group) is 1. The van der Waals surface area contributed by atoms with Gasteiger partial charge in [0, 0.05) is 6.42 Å². The molecular formula is C33H67N2O6P. The molecule has 1 amide bonds. The zero-order valence-corrected chi connectivity index (χ0v) is 28.9. The summed E-state index contributed by atoms with van der Waals surface area (Å²) in [6, 6.07) is -0.874. The lowest BCUT2D eigenvalue weighted by Crippen LogP contribution is -2.45. The summed E-state index contributed by atoms with van der Waals surface area (Å²) in [5, 5.41) is 13.3. The highest BCUT2D eigenvalue weighted by atomic mass is 31.2. The number of aliphatic hydroxyl groups excluding tert-OH is 1. The summed E-state index contributed by atoms with van der Waals surface area (Å²) in [6.07, 6.45) is 26.2. The second kappa shape index (κ2) is 26.6. The van der Waals surface area contributed by atoms with E-state index in [1.54, 1.807) is 6.08 Å². The van der Waals surface area contributed by atoms with Crippen LogP contribution in [0.2, 0.25) is 0 Å². The van der Waals surface area contributed by atoms with E-state index in [0.717, 1.165) is 32.1 Å². The van der Waals surface area contributed by atoms with Crippen LogP contribution in [0, 0.1) is 0 Å². The molecule has 0 heterocycles. The molecule has 2 N–H and O–H groups in total. The van der Waals surface area contributed by atoms with E-state index in [1.807, 2.05) is 34.1 Å². The van der Waals surface area contributed by atoms with Gasteiger partial charge in [0.2, 0.25) is 5.91 Å². The van der Waals surface area contributed by atoms with Crippen molar-refractivity contribution in [2.75, 3.05) is 40.9 Å². The molecule has 8 nitrogen and oxygen atoms in total. The van der Waals surface area contributed by atoms with Crippen molar-refractivity contribution in [3.8, 4) is 0 Å². The molecule has 0 saturated carbocycles. The van der Waals surface area contributed by atoms with Crippen LogP contribution in [0.25, 0.3) is 0 Å². The molecule has 3 unspecified atom stereocenters. The Kier molecular flexibility index (Phi) is 26.1. The van der Waals surface area contributed by atoms with E-state index in [1.165, 1.54) is 89.9 Å². The van der Waals surface area contributed by atoms with Crippen LogP contribution in [0.5, 0.6) is 0 Å². The predicted octanol–water partition coefficient (Wildman–Crippen LogP) is 7.44. The summed E-state index contributed by atoms with van der Waals surface area (Å²) in [7, 11) is 1.26. The van der Waals surface area contributed by atoms with Crippen LogP contribution in [0.4, 0.5) is 0 Å². The highest BCUT2D eigenvalue weighted by molar-refractivity contribution is 7.45. The summed E-state index contributed by atoms with van der Waals surface area (Å²) < 4.78 is 22.7. The first-order valence-electron chi connectivity index (χ1n) is 17.1. The minimum absolute atomic E-state index is 0.000428. The van der Waals surface area contributed by atoms with Crippen molar-refractivity contribution in [1.82, 2.24) is 5.32 Å². The molecule has 0 rings (SSSR count). The predicted molar refractivity (Wildman–Crippen MR) is 173 cm³/mol. The molecule has 0 aromatic carbocycles. The molecule has 0 aromatic rings. The Labute approximate surface area is 259 Å². The van der Waals surface area contributed by atoms with Crippen molar-refractivity contribution in [1.29, 1.82) is 0 Å². The summed E-state index contributed by atoms with van der Waals surface area (Å²) >= 11 is 0. The SMILES string of the molecule is CCC/C=C/C(O)C(COP(=O)([O-])OCC[N+](C)(C)C)NC(=O)CCCCCCCCCCCCCCCCCCC. The minimum atomic E-state index is -4.55. The number of rotatable bonds is 30. The average Bonchev–Trinajstić information content (AvgIpc) is 2.92. The third-order valence-corrected chi connectivity index (χ3v) is 8.44. The molecule has 0 bridgehead atoms. The van der Waals surface area contributed by atoms with Crippen molar-refractivity contribution in [2.24, 2.45) is 0 Å². The van der Waals surface area contributed by atoms with Gasteiger partial charge in [-0.2, -0.15) is 0 Å². The van der Waals surface area contributed by atoms with Gasteiger partial charge >= 0.3 is 0 Å². The summed E-state index contributed by atoms with van der Waals surface area (Å²) in [6.45, 7) is 4.41. The number of quaternary nitrogens is 1. The molecule has 0 aliphatic heterocycles. The number of hydrogen-bond acceptors (Lipinski definition) is 6. The fourth-order valence-corrected chi connectivity index (χ4v) is 5.41. The first-order chi connectivity index (χ1) is 20.0. The molecule has 42 heavy (non-hydrogen) atoms. The van der Waals surface area contributed by atoms with E-state index >= 15 is 0 Å². The lowest BCUT2D eigenvalue weighted by Gasteiger charge is -2.29. The monoisotopic (exact) mass is 618 g/mol. The zero-order valence-electron chi connectivity index (χ0n) is 28.0. The normalized spacial score (nSPS) is 15.1. The van der Waals surface area contributed by atoms with Gasteiger partial charge in [0.1, 0.15) is 13.2 Å². The number of aliphatic hydroxyl groups is 1. The number of phosphoric acid groups is 1. The van der Waals surface area contributed by atoms with Gasteiger partial charge < -0.3 is 28.8 Å². The largest absolute Gasteiger partial charge is 0.756 e. The number of nitrogens with zero attached hydrogens (tertiary/aromatic N) is 1. The van der Waals surface area contributed by atoms with Gasteiger partial charge in [-0.05, 0) is 12.8 Å². The highest BCUT2D eigenvalue weighted by Crippen LogP contribution is 2.38. The van der Waals surface area contributed by atoms with Gasteiger partial charge in [-0.1, -0.05) is 135 Å². The second-order valence-electron chi connectivity index (χ2n) is 12.9. The Bertz CT molecular complexity index is 713. The van der Waals surface area contributed by atoms with Gasteiger partial charge in [0.05, 0.1) is 39.9 Å². The average molecular weight is 619 g/mol. The number of amides is 1. The van der Waals surface area contributed by atoms with Crippen molar-refractivity contribution in [3.63, 3.8) is 0 Å². The first-order valence-corrected chi connectivity index (χ1v) is 18.5. The topological polar surface area (TPSA) is 108 Å². The Morgan fingerprint density at radius 2 is 1.29 bits per heavy atom. The smallest absolute Gasteiger partial charge is 0.268 e. The van der Waals surface area contributed by atoms with E-state index < -0.39 is 20.0 Å². The lowest BCUT2D eigenvalue weighted by molar-refractivity contribution is -0.870. The maximum atomic E-state index is 12.6. The standard InChI is InChI=1S/C33H67N2O6P/c1-6-8-10-11-12-13-14-15-16-17-18-19-20-21-22-23-25-27-33(37)34-31(32(36)26-24-9-7-2)30-41-42(38,39)40-29-28-35(3,4)5/h24,26,31-32,36H,6-23,25,27-30H2,1-5H3,(H-,34,37,38,39)/b26-24+. The maximum Gasteiger partial charge on any atom is 0.268 e. The third kappa shape index (κ3) is 28.0. The van der Waals surface area contributed by atoms with Crippen LogP contribution in [-0.2, 0) is 18.4 Å². The van der Waals surface area contributed by atoms with Crippen LogP contribution < -0.4 is 10.2 Å². The molecule has 0 fully saturated rings. The molecule has 0 aliphatic rings. The summed E-state index contributed by atoms with van der Waals surface area (Å²) in [5.74, 6) is -0.209. The fraction of sp³-hybridized carbons (Fsp3) is 0.909. The number of carbonyl (C=O) groups is 1. The van der Waals surface area contributed by atoms with Crippen LogP contribution in [0.15, 0.2) is 12.2 Å². The summed E-state index contributed by atoms with van der Waals surface area (Å²) in [4.78, 5) is 24.8. The number of unbranched alkanes of at least 4 members (excludes halogenated alkanes) is 17. The molecule has 0 radical (unpaired) electrons. The van der Waals surface area contributed by atoms with Gasteiger partial charge in [0.25, 0.3) is 7.82 Å². The fourth-order valence-electron chi connectivity index (χ4n) is 4.69. The number of nitrogens with one attached hydrogen (secondary N) is 1. The van der Waals surface area contributed by atoms with E-state index in [9.17, 15) is 19.4 Å². The molecular weight excluding hydrogens is 551 g/mol. The molecule has 3 atom stereocenters. The van der Waals surface area contributed by atoms with E-state index in [4.69, 9.17) is 9.05 Å². The Morgan fingerprint density at radius 3 is 1.74 bits per heavy atom. The van der Waals surface area contributed by atoms with Crippen molar-refractivity contribution < 1.29 is 32.9 Å². The minimum Gasteiger partial charge on any atom is -0.756 e. The van der Waals surface area contributed by atoms with E-state index in [-0.39, 0.29) is 19.1 Å². The van der Waals surface area contributed by atoms with Gasteiger partial charge in [-0.25, -0.2) is 0 Å². The Hall–Kier alpha value is -0.760. The molecule has 0 spiro atoms. The number of phosphoric ester groups is 1. The molecule has 0 aliphatic carbocycles. The number of hydrogen-bond donors (Lipinski definition) is 2.